The van der Waals surface area contributed by atoms with Gasteiger partial charge in [0, 0.05) is 17.8 Å². The molecular weight excluding hydrogens is 434 g/mol. The number of imidazole rings is 1. The molecule has 0 atom stereocenters. The number of nitrogens with zero attached hydrogens (tertiary/aromatic N) is 4. The molecule has 5 N–H and O–H groups in total. The zero-order chi connectivity index (χ0) is 22.2. The van der Waals surface area contributed by atoms with Crippen molar-refractivity contribution in [2.75, 3.05) is 13.2 Å². The Balaban J connectivity index is 1.64. The number of fused-ring (bicyclic) bond motifs is 1. The van der Waals surface area contributed by atoms with Crippen LogP contribution in [-0.2, 0) is 0 Å². The van der Waals surface area contributed by atoms with Crippen LogP contribution in [0.3, 0.4) is 0 Å². The van der Waals surface area contributed by atoms with Crippen LogP contribution < -0.4 is 21.7 Å². The van der Waals surface area contributed by atoms with Gasteiger partial charge in [-0.15, -0.1) is 11.3 Å². The van der Waals surface area contributed by atoms with Crippen LogP contribution in [0.1, 0.15) is 28.2 Å². The maximum absolute atomic E-state index is 12.2. The van der Waals surface area contributed by atoms with E-state index in [9.17, 15) is 14.7 Å². The van der Waals surface area contributed by atoms with Gasteiger partial charge in [-0.2, -0.15) is 9.61 Å². The lowest BCUT2D eigenvalue weighted by molar-refractivity contribution is 0.0949. The van der Waals surface area contributed by atoms with Gasteiger partial charge in [-0.25, -0.2) is 9.78 Å². The number of aromatic amines is 2. The van der Waals surface area contributed by atoms with Gasteiger partial charge < -0.3 is 20.5 Å². The number of hydrogen-bond acceptors (Lipinski definition) is 8. The largest absolute Gasteiger partial charge is 0.493 e. The van der Waals surface area contributed by atoms with Crippen LogP contribution in [0, 0.1) is 0 Å². The van der Waals surface area contributed by atoms with Crippen molar-refractivity contribution in [3.8, 4) is 16.5 Å². The molecule has 4 aromatic rings. The standard InChI is InChI=1S/C20H19N7O4S/c28-6-5-21-19(30)15-4-3-14(32-15)12-8-16(23-11-1-2-11)27-17(24-12)10(9-22-27)7-13-18(29)26-20(31)25-13/h3-4,7-9,11,28-29H,1-2,5-6H2,(H,21,30)(H2,25,26,31). The molecule has 1 aliphatic carbocycles. The van der Waals surface area contributed by atoms with Crippen molar-refractivity contribution < 1.29 is 15.0 Å². The molecule has 164 valence electrons. The van der Waals surface area contributed by atoms with Crippen LogP contribution >= 0.6 is 11.3 Å². The van der Waals surface area contributed by atoms with E-state index in [-0.39, 0.29) is 36.7 Å². The van der Waals surface area contributed by atoms with E-state index in [0.717, 1.165) is 17.7 Å². The smallest absolute Gasteiger partial charge is 0.326 e. The van der Waals surface area contributed by atoms with Crippen LogP contribution in [0.2, 0.25) is 0 Å². The number of aliphatic hydroxyl groups excluding tert-OH is 1. The minimum Gasteiger partial charge on any atom is -0.493 e. The van der Waals surface area contributed by atoms with Gasteiger partial charge in [-0.05, 0) is 31.1 Å². The van der Waals surface area contributed by atoms with Crippen molar-refractivity contribution in [2.24, 2.45) is 4.99 Å². The molecule has 5 rings (SSSR count). The van der Waals surface area contributed by atoms with Crippen LogP contribution in [0.5, 0.6) is 5.88 Å². The number of aliphatic hydroxyl groups is 1. The number of amides is 1. The number of aromatic nitrogens is 5. The monoisotopic (exact) mass is 453 g/mol. The van der Waals surface area contributed by atoms with Crippen LogP contribution in [0.25, 0.3) is 22.3 Å². The van der Waals surface area contributed by atoms with Gasteiger partial charge in [-0.1, -0.05) is 0 Å². The molecule has 32 heavy (non-hydrogen) atoms. The summed E-state index contributed by atoms with van der Waals surface area (Å²) in [6.45, 7) is 0.0560. The zero-order valence-corrected chi connectivity index (χ0v) is 17.5. The highest BCUT2D eigenvalue weighted by Gasteiger charge is 2.21. The van der Waals surface area contributed by atoms with E-state index < -0.39 is 5.69 Å². The van der Waals surface area contributed by atoms with E-state index in [2.05, 4.69) is 20.4 Å². The van der Waals surface area contributed by atoms with E-state index in [1.807, 2.05) is 12.1 Å². The van der Waals surface area contributed by atoms with Gasteiger partial charge in [0.25, 0.3) is 5.91 Å². The second kappa shape index (κ2) is 8.05. The van der Waals surface area contributed by atoms with E-state index in [1.165, 1.54) is 11.3 Å². The first-order chi connectivity index (χ1) is 15.5. The Kier molecular flexibility index (Phi) is 5.07. The normalized spacial score (nSPS) is 15.0. The quantitative estimate of drug-likeness (QED) is 0.265. The Morgan fingerprint density at radius 3 is 2.94 bits per heavy atom. The highest BCUT2D eigenvalue weighted by molar-refractivity contribution is 7.17. The summed E-state index contributed by atoms with van der Waals surface area (Å²) in [6.07, 6.45) is 5.21. The fraction of sp³-hybridized carbons (Fsp3) is 0.250. The highest BCUT2D eigenvalue weighted by Crippen LogP contribution is 2.27. The molecule has 0 radical (unpaired) electrons. The number of nitrogens with one attached hydrogen (secondary N) is 3. The van der Waals surface area contributed by atoms with Gasteiger partial charge in [-0.3, -0.25) is 14.8 Å². The molecule has 4 heterocycles. The maximum atomic E-state index is 12.2. The molecule has 12 heteroatoms. The van der Waals surface area contributed by atoms with Gasteiger partial charge >= 0.3 is 5.69 Å². The van der Waals surface area contributed by atoms with Gasteiger partial charge in [0.2, 0.25) is 5.88 Å². The molecule has 0 unspecified atom stereocenters. The topological polar surface area (TPSA) is 161 Å². The number of carbonyl (C=O) groups is 1. The first kappa shape index (κ1) is 20.2. The average molecular weight is 453 g/mol. The third kappa shape index (κ3) is 3.92. The number of aromatic hydroxyl groups is 1. The van der Waals surface area contributed by atoms with Crippen molar-refractivity contribution in [3.05, 3.63) is 56.2 Å². The molecule has 0 bridgehead atoms. The Labute approximate surface area is 183 Å². The van der Waals surface area contributed by atoms with Crippen LogP contribution in [0.15, 0.2) is 34.2 Å². The highest BCUT2D eigenvalue weighted by atomic mass is 32.1. The SMILES string of the molecule is O=C(NCCO)c1ccc(-c2cc(=NC3CC3)n3ncc(=Cc4[nH]c(=O)[nH]c4O)c3n2)s1. The summed E-state index contributed by atoms with van der Waals surface area (Å²) in [7, 11) is 0. The average Bonchev–Trinajstić information content (AvgIpc) is 3.16. The Hall–Kier alpha value is -3.77. The summed E-state index contributed by atoms with van der Waals surface area (Å²) in [4.78, 5) is 39.2. The first-order valence-electron chi connectivity index (χ1n) is 9.96. The minimum atomic E-state index is -0.520. The Morgan fingerprint density at radius 1 is 1.38 bits per heavy atom. The number of hydrogen-bond donors (Lipinski definition) is 5. The van der Waals surface area contributed by atoms with Crippen LogP contribution in [0.4, 0.5) is 0 Å². The number of H-pyrrole nitrogens is 2. The molecule has 0 saturated heterocycles. The molecule has 1 amide bonds. The number of rotatable bonds is 6. The summed E-state index contributed by atoms with van der Waals surface area (Å²) >= 11 is 1.28. The minimum absolute atomic E-state index is 0.128. The zero-order valence-electron chi connectivity index (χ0n) is 16.7. The Morgan fingerprint density at radius 2 is 2.22 bits per heavy atom. The summed E-state index contributed by atoms with van der Waals surface area (Å²) in [5.74, 6) is -0.533. The number of carbonyl (C=O) groups excluding carboxylic acids is 1. The van der Waals surface area contributed by atoms with Crippen molar-refractivity contribution in [3.63, 3.8) is 0 Å². The van der Waals surface area contributed by atoms with Crippen LogP contribution in [-0.4, -0.2) is 59.9 Å². The number of thiophene rings is 1. The van der Waals surface area contributed by atoms with Crippen molar-refractivity contribution in [2.45, 2.75) is 18.9 Å². The fourth-order valence-corrected chi connectivity index (χ4v) is 4.06. The molecule has 4 aromatic heterocycles. The van der Waals surface area contributed by atoms with Crippen molar-refractivity contribution in [1.29, 1.82) is 0 Å². The summed E-state index contributed by atoms with van der Waals surface area (Å²) in [5.41, 5.74) is 1.47. The van der Waals surface area contributed by atoms with E-state index in [0.29, 0.717) is 26.9 Å². The van der Waals surface area contributed by atoms with E-state index in [4.69, 9.17) is 15.1 Å². The second-order valence-electron chi connectivity index (χ2n) is 7.32. The lowest BCUT2D eigenvalue weighted by Gasteiger charge is -2.01. The third-order valence-corrected chi connectivity index (χ3v) is 5.96. The molecule has 1 saturated carbocycles. The predicted molar refractivity (Wildman–Crippen MR) is 116 cm³/mol. The van der Waals surface area contributed by atoms with E-state index >= 15 is 0 Å². The molecule has 0 aromatic carbocycles. The van der Waals surface area contributed by atoms with Gasteiger partial charge in [0.1, 0.15) is 5.69 Å². The van der Waals surface area contributed by atoms with Gasteiger partial charge in [0.15, 0.2) is 11.1 Å². The lowest BCUT2D eigenvalue weighted by Crippen LogP contribution is -2.25. The molecule has 1 aliphatic rings. The summed E-state index contributed by atoms with van der Waals surface area (Å²) in [6, 6.07) is 5.60. The predicted octanol–water partition coefficient (Wildman–Crippen LogP) is -0.487. The summed E-state index contributed by atoms with van der Waals surface area (Å²) < 4.78 is 1.62. The molecule has 0 aliphatic heterocycles. The maximum Gasteiger partial charge on any atom is 0.326 e. The summed E-state index contributed by atoms with van der Waals surface area (Å²) in [5, 5.41) is 26.4. The fourth-order valence-electron chi connectivity index (χ4n) is 3.18. The third-order valence-electron chi connectivity index (χ3n) is 4.86. The van der Waals surface area contributed by atoms with Gasteiger partial charge in [0.05, 0.1) is 34.3 Å². The Bertz CT molecular complexity index is 1490. The van der Waals surface area contributed by atoms with Crippen molar-refractivity contribution >= 4 is 29.0 Å². The molecule has 0 spiro atoms. The lowest BCUT2D eigenvalue weighted by atomic mass is 10.3. The van der Waals surface area contributed by atoms with Crippen molar-refractivity contribution in [1.82, 2.24) is 29.9 Å². The first-order valence-corrected chi connectivity index (χ1v) is 10.8. The van der Waals surface area contributed by atoms with E-state index in [1.54, 1.807) is 22.9 Å². The molecule has 11 nitrogen and oxygen atoms in total. The second-order valence-corrected chi connectivity index (χ2v) is 8.41. The molecular formula is C20H19N7O4S. The molecule has 1 fully saturated rings.